The van der Waals surface area contributed by atoms with Gasteiger partial charge in [-0.05, 0) is 24.8 Å². The fourth-order valence-corrected chi connectivity index (χ4v) is 1.82. The van der Waals surface area contributed by atoms with Crippen molar-refractivity contribution in [2.75, 3.05) is 6.54 Å². The fraction of sp³-hybridized carbons (Fsp3) is 1.00. The maximum absolute atomic E-state index is 5.59. The third-order valence-corrected chi connectivity index (χ3v) is 3.10. The Morgan fingerprint density at radius 3 is 2.00 bits per heavy atom. The van der Waals surface area contributed by atoms with Crippen LogP contribution < -0.4 is 5.73 Å². The molecule has 0 rings (SSSR count). The summed E-state index contributed by atoms with van der Waals surface area (Å²) in [6.07, 6.45) is 9.67. The van der Waals surface area contributed by atoms with Crippen molar-refractivity contribution < 1.29 is 0 Å². The van der Waals surface area contributed by atoms with E-state index in [2.05, 4.69) is 20.8 Å². The second-order valence-electron chi connectivity index (χ2n) is 4.87. The number of rotatable bonds is 9. The molecule has 0 aliphatic carbocycles. The number of hydrogen-bond acceptors (Lipinski definition) is 1. The first-order chi connectivity index (χ1) is 6.70. The van der Waals surface area contributed by atoms with Gasteiger partial charge in [0.05, 0.1) is 0 Å². The van der Waals surface area contributed by atoms with E-state index in [-0.39, 0.29) is 0 Å². The Hall–Kier alpha value is -0.0400. The average Bonchev–Trinajstić information content (AvgIpc) is 2.18. The minimum atomic E-state index is 0.720. The van der Waals surface area contributed by atoms with Crippen LogP contribution in [0.3, 0.4) is 0 Å². The summed E-state index contributed by atoms with van der Waals surface area (Å²) in [5, 5.41) is 0. The smallest absolute Gasteiger partial charge is 0.00515 e. The first-order valence-corrected chi connectivity index (χ1v) is 6.40. The van der Waals surface area contributed by atoms with Crippen molar-refractivity contribution in [1.82, 2.24) is 0 Å². The molecule has 86 valence electrons. The van der Waals surface area contributed by atoms with Crippen LogP contribution in [-0.4, -0.2) is 6.54 Å². The molecule has 0 aromatic carbocycles. The molecule has 1 unspecified atom stereocenters. The number of nitrogens with two attached hydrogens (primary N) is 1. The van der Waals surface area contributed by atoms with E-state index in [0.717, 1.165) is 18.4 Å². The molecule has 0 amide bonds. The molecule has 0 aromatic rings. The van der Waals surface area contributed by atoms with Gasteiger partial charge >= 0.3 is 0 Å². The van der Waals surface area contributed by atoms with E-state index in [1.165, 1.54) is 44.9 Å². The lowest BCUT2D eigenvalue weighted by atomic mass is 9.95. The molecule has 0 aliphatic rings. The molecule has 0 saturated heterocycles. The highest BCUT2D eigenvalue weighted by Crippen LogP contribution is 2.17. The standard InChI is InChI=1S/C13H29N/c1-4-5-6-8-12(2)9-7-10-13(3)11-14/h12-13H,4-11,14H2,1-3H3/t12?,13-/m0/s1. The van der Waals surface area contributed by atoms with Crippen molar-refractivity contribution in [2.24, 2.45) is 17.6 Å². The van der Waals surface area contributed by atoms with E-state index < -0.39 is 0 Å². The monoisotopic (exact) mass is 199 g/mol. The van der Waals surface area contributed by atoms with Crippen LogP contribution in [0.15, 0.2) is 0 Å². The Bertz CT molecular complexity index is 112. The molecule has 2 N–H and O–H groups in total. The van der Waals surface area contributed by atoms with E-state index in [1.54, 1.807) is 0 Å². The fourth-order valence-electron chi connectivity index (χ4n) is 1.82. The van der Waals surface area contributed by atoms with Gasteiger partial charge in [0.15, 0.2) is 0 Å². The van der Waals surface area contributed by atoms with Crippen LogP contribution in [0.25, 0.3) is 0 Å². The van der Waals surface area contributed by atoms with E-state index >= 15 is 0 Å². The first-order valence-electron chi connectivity index (χ1n) is 6.40. The van der Waals surface area contributed by atoms with E-state index in [4.69, 9.17) is 5.73 Å². The minimum absolute atomic E-state index is 0.720. The van der Waals surface area contributed by atoms with Crippen molar-refractivity contribution >= 4 is 0 Å². The highest BCUT2D eigenvalue weighted by Gasteiger charge is 2.03. The zero-order valence-electron chi connectivity index (χ0n) is 10.4. The molecule has 0 aliphatic heterocycles. The molecule has 0 bridgehead atoms. The van der Waals surface area contributed by atoms with Crippen LogP contribution in [0, 0.1) is 11.8 Å². The van der Waals surface area contributed by atoms with Gasteiger partial charge in [-0.2, -0.15) is 0 Å². The van der Waals surface area contributed by atoms with Crippen LogP contribution >= 0.6 is 0 Å². The van der Waals surface area contributed by atoms with Gasteiger partial charge in [0.1, 0.15) is 0 Å². The summed E-state index contributed by atoms with van der Waals surface area (Å²) in [5.41, 5.74) is 5.59. The SMILES string of the molecule is CCCCCC(C)CCC[C@H](C)CN. The van der Waals surface area contributed by atoms with Gasteiger partial charge in [0.25, 0.3) is 0 Å². The Morgan fingerprint density at radius 2 is 1.43 bits per heavy atom. The minimum Gasteiger partial charge on any atom is -0.330 e. The molecule has 1 heteroatoms. The summed E-state index contributed by atoms with van der Waals surface area (Å²) in [4.78, 5) is 0. The maximum Gasteiger partial charge on any atom is -0.00515 e. The molecule has 0 heterocycles. The van der Waals surface area contributed by atoms with E-state index in [1.807, 2.05) is 0 Å². The van der Waals surface area contributed by atoms with Crippen molar-refractivity contribution in [2.45, 2.75) is 65.7 Å². The maximum atomic E-state index is 5.59. The molecular formula is C13H29N. The third-order valence-electron chi connectivity index (χ3n) is 3.10. The van der Waals surface area contributed by atoms with E-state index in [9.17, 15) is 0 Å². The van der Waals surface area contributed by atoms with Gasteiger partial charge in [-0.3, -0.25) is 0 Å². The molecule has 0 aromatic heterocycles. The summed E-state index contributed by atoms with van der Waals surface area (Å²) in [6, 6.07) is 0. The van der Waals surface area contributed by atoms with Crippen LogP contribution in [-0.2, 0) is 0 Å². The van der Waals surface area contributed by atoms with Crippen molar-refractivity contribution in [3.8, 4) is 0 Å². The molecule has 0 spiro atoms. The lowest BCUT2D eigenvalue weighted by Gasteiger charge is -2.12. The van der Waals surface area contributed by atoms with Gasteiger partial charge in [-0.25, -0.2) is 0 Å². The van der Waals surface area contributed by atoms with Gasteiger partial charge in [0, 0.05) is 0 Å². The number of hydrogen-bond donors (Lipinski definition) is 1. The zero-order chi connectivity index (χ0) is 10.8. The largest absolute Gasteiger partial charge is 0.330 e. The van der Waals surface area contributed by atoms with Crippen molar-refractivity contribution in [1.29, 1.82) is 0 Å². The summed E-state index contributed by atoms with van der Waals surface area (Å²) in [6.45, 7) is 7.77. The Balaban J connectivity index is 3.21. The van der Waals surface area contributed by atoms with Gasteiger partial charge in [-0.1, -0.05) is 59.3 Å². The van der Waals surface area contributed by atoms with Crippen LogP contribution in [0.2, 0.25) is 0 Å². The average molecular weight is 199 g/mol. The highest BCUT2D eigenvalue weighted by atomic mass is 14.5. The van der Waals surface area contributed by atoms with Crippen molar-refractivity contribution in [3.63, 3.8) is 0 Å². The topological polar surface area (TPSA) is 26.0 Å². The Labute approximate surface area is 90.5 Å². The third kappa shape index (κ3) is 8.55. The summed E-state index contributed by atoms with van der Waals surface area (Å²) in [5.74, 6) is 1.64. The lowest BCUT2D eigenvalue weighted by Crippen LogP contribution is -2.10. The predicted octanol–water partition coefficient (Wildman–Crippen LogP) is 3.97. The normalized spacial score (nSPS) is 15.4. The number of unbranched alkanes of at least 4 members (excludes halogenated alkanes) is 2. The molecule has 0 saturated carbocycles. The van der Waals surface area contributed by atoms with Crippen LogP contribution in [0.5, 0.6) is 0 Å². The lowest BCUT2D eigenvalue weighted by molar-refractivity contribution is 0.415. The summed E-state index contributed by atoms with van der Waals surface area (Å²) in [7, 11) is 0. The van der Waals surface area contributed by atoms with Gasteiger partial charge in [0.2, 0.25) is 0 Å². The van der Waals surface area contributed by atoms with Gasteiger partial charge in [-0.15, -0.1) is 0 Å². The Kier molecular flexibility index (Phi) is 9.49. The quantitative estimate of drug-likeness (QED) is 0.559. The molecule has 14 heavy (non-hydrogen) atoms. The molecular weight excluding hydrogens is 170 g/mol. The predicted molar refractivity (Wildman–Crippen MR) is 65.4 cm³/mol. The Morgan fingerprint density at radius 1 is 0.857 bits per heavy atom. The van der Waals surface area contributed by atoms with Gasteiger partial charge < -0.3 is 5.73 Å². The van der Waals surface area contributed by atoms with Crippen LogP contribution in [0.4, 0.5) is 0 Å². The second kappa shape index (κ2) is 9.51. The molecule has 0 radical (unpaired) electrons. The second-order valence-corrected chi connectivity index (χ2v) is 4.87. The van der Waals surface area contributed by atoms with Crippen molar-refractivity contribution in [3.05, 3.63) is 0 Å². The van der Waals surface area contributed by atoms with E-state index in [0.29, 0.717) is 0 Å². The van der Waals surface area contributed by atoms with Crippen LogP contribution in [0.1, 0.15) is 65.7 Å². The first kappa shape index (κ1) is 14.0. The highest BCUT2D eigenvalue weighted by molar-refractivity contribution is 4.58. The summed E-state index contributed by atoms with van der Waals surface area (Å²) < 4.78 is 0. The molecule has 2 atom stereocenters. The zero-order valence-corrected chi connectivity index (χ0v) is 10.4. The summed E-state index contributed by atoms with van der Waals surface area (Å²) >= 11 is 0. The molecule has 1 nitrogen and oxygen atoms in total. The molecule has 0 fully saturated rings.